The molecule has 1 atom stereocenters. The third kappa shape index (κ3) is 2.22. The summed E-state index contributed by atoms with van der Waals surface area (Å²) in [7, 11) is 0. The highest BCUT2D eigenvalue weighted by atomic mass is 16.1. The second-order valence-electron chi connectivity index (χ2n) is 2.57. The van der Waals surface area contributed by atoms with Gasteiger partial charge in [-0.25, -0.2) is 0 Å². The molecule has 1 aliphatic rings. The monoisotopic (exact) mass is 154 g/mol. The van der Waals surface area contributed by atoms with Crippen molar-refractivity contribution in [3.05, 3.63) is 10.4 Å². The molecule has 0 radical (unpaired) electrons. The summed E-state index contributed by atoms with van der Waals surface area (Å²) in [6.45, 7) is 1.61. The lowest BCUT2D eigenvalue weighted by Crippen LogP contribution is -2.33. The minimum Gasteiger partial charge on any atom is -0.316 e. The fraction of sp³-hybridized carbons (Fsp3) is 0.833. The Balaban J connectivity index is 2.44. The molecule has 0 aromatic rings. The van der Waals surface area contributed by atoms with Crippen molar-refractivity contribution >= 4 is 5.91 Å². The van der Waals surface area contributed by atoms with Crippen LogP contribution in [-0.2, 0) is 4.79 Å². The maximum atomic E-state index is 10.9. The number of carbonyl (C=O) groups is 1. The number of hydrogen-bond donors (Lipinski definition) is 1. The highest BCUT2D eigenvalue weighted by Gasteiger charge is 2.18. The molecular weight excluding hydrogens is 144 g/mol. The average molecular weight is 154 g/mol. The molecule has 0 spiro atoms. The molecule has 0 aromatic heterocycles. The van der Waals surface area contributed by atoms with Crippen LogP contribution in [0.15, 0.2) is 5.11 Å². The van der Waals surface area contributed by atoms with Gasteiger partial charge in [0.05, 0.1) is 0 Å². The molecular formula is C6H10N4O. The Kier molecular flexibility index (Phi) is 2.89. The van der Waals surface area contributed by atoms with Crippen molar-refractivity contribution < 1.29 is 4.79 Å². The molecule has 0 aliphatic carbocycles. The topological polar surface area (TPSA) is 77.9 Å². The number of nitrogens with one attached hydrogen (secondary N) is 1. The van der Waals surface area contributed by atoms with E-state index >= 15 is 0 Å². The van der Waals surface area contributed by atoms with Crippen molar-refractivity contribution in [1.29, 1.82) is 0 Å². The van der Waals surface area contributed by atoms with Gasteiger partial charge in [0.25, 0.3) is 0 Å². The van der Waals surface area contributed by atoms with Gasteiger partial charge in [0.1, 0.15) is 0 Å². The van der Waals surface area contributed by atoms with Crippen LogP contribution in [0, 0.1) is 5.92 Å². The van der Waals surface area contributed by atoms with E-state index in [2.05, 4.69) is 15.3 Å². The number of amides is 1. The summed E-state index contributed by atoms with van der Waals surface area (Å²) in [5, 5.41) is 6.12. The van der Waals surface area contributed by atoms with Gasteiger partial charge in [-0.1, -0.05) is 0 Å². The lowest BCUT2D eigenvalue weighted by molar-refractivity contribution is -0.122. The van der Waals surface area contributed by atoms with Gasteiger partial charge in [-0.3, -0.25) is 4.79 Å². The number of rotatable bonds is 1. The van der Waals surface area contributed by atoms with E-state index in [0.29, 0.717) is 6.54 Å². The summed E-state index contributed by atoms with van der Waals surface area (Å²) in [6.07, 6.45) is 1.82. The zero-order chi connectivity index (χ0) is 8.10. The lowest BCUT2D eigenvalue weighted by atomic mass is 9.99. The zero-order valence-electron chi connectivity index (χ0n) is 6.16. The van der Waals surface area contributed by atoms with Gasteiger partial charge in [-0.05, 0) is 30.0 Å². The first kappa shape index (κ1) is 8.04. The van der Waals surface area contributed by atoms with E-state index in [1.54, 1.807) is 0 Å². The minimum absolute atomic E-state index is 0.0975. The predicted molar refractivity (Wildman–Crippen MR) is 39.7 cm³/mol. The Morgan fingerprint density at radius 3 is 3.09 bits per heavy atom. The Hall–Kier alpha value is -1.06. The van der Waals surface area contributed by atoms with Crippen molar-refractivity contribution in [2.75, 3.05) is 13.1 Å². The summed E-state index contributed by atoms with van der Waals surface area (Å²) in [6, 6.07) is 0. The van der Waals surface area contributed by atoms with E-state index in [9.17, 15) is 4.79 Å². The van der Waals surface area contributed by atoms with Gasteiger partial charge < -0.3 is 5.32 Å². The summed E-state index contributed by atoms with van der Waals surface area (Å²) < 4.78 is 0. The zero-order valence-corrected chi connectivity index (χ0v) is 6.16. The first-order valence-electron chi connectivity index (χ1n) is 3.64. The molecule has 1 saturated heterocycles. The fourth-order valence-corrected chi connectivity index (χ4v) is 1.19. The number of carbonyl (C=O) groups excluding carboxylic acids is 1. The molecule has 0 unspecified atom stereocenters. The van der Waals surface area contributed by atoms with Gasteiger partial charge in [0.2, 0.25) is 5.91 Å². The Bertz CT molecular complexity index is 191. The van der Waals surface area contributed by atoms with Crippen LogP contribution in [0.4, 0.5) is 0 Å². The third-order valence-electron chi connectivity index (χ3n) is 1.79. The number of hydrogen-bond acceptors (Lipinski definition) is 2. The molecule has 11 heavy (non-hydrogen) atoms. The minimum atomic E-state index is -0.334. The van der Waals surface area contributed by atoms with E-state index in [4.69, 9.17) is 5.53 Å². The molecule has 1 heterocycles. The highest BCUT2D eigenvalue weighted by Crippen LogP contribution is 2.11. The van der Waals surface area contributed by atoms with E-state index in [1.165, 1.54) is 0 Å². The second-order valence-corrected chi connectivity index (χ2v) is 2.57. The quantitative estimate of drug-likeness (QED) is 0.345. The first-order valence-corrected chi connectivity index (χ1v) is 3.64. The summed E-state index contributed by atoms with van der Waals surface area (Å²) >= 11 is 0. The second kappa shape index (κ2) is 3.95. The Labute approximate surface area is 64.4 Å². The fourth-order valence-electron chi connectivity index (χ4n) is 1.19. The van der Waals surface area contributed by atoms with Crippen LogP contribution >= 0.6 is 0 Å². The van der Waals surface area contributed by atoms with Gasteiger partial charge >= 0.3 is 0 Å². The van der Waals surface area contributed by atoms with Crippen molar-refractivity contribution in [3.8, 4) is 0 Å². The van der Waals surface area contributed by atoms with Crippen LogP contribution in [0.2, 0.25) is 0 Å². The lowest BCUT2D eigenvalue weighted by Gasteiger charge is -2.19. The SMILES string of the molecule is [N-]=[N+]=NC(=O)[C@@H]1CCCNC1. The van der Waals surface area contributed by atoms with Crippen LogP contribution in [-0.4, -0.2) is 19.0 Å². The summed E-state index contributed by atoms with van der Waals surface area (Å²) in [5.74, 6) is -0.431. The standard InChI is InChI=1S/C6H10N4O/c7-10-9-6(11)5-2-1-3-8-4-5/h5,8H,1-4H2/t5-/m1/s1. The molecule has 1 aliphatic heterocycles. The van der Waals surface area contributed by atoms with Crippen LogP contribution < -0.4 is 5.32 Å². The van der Waals surface area contributed by atoms with E-state index in [1.807, 2.05) is 0 Å². The Morgan fingerprint density at radius 2 is 2.55 bits per heavy atom. The normalized spacial score (nSPS) is 23.8. The summed E-state index contributed by atoms with van der Waals surface area (Å²) in [5.41, 5.74) is 7.98. The van der Waals surface area contributed by atoms with Crippen molar-refractivity contribution in [3.63, 3.8) is 0 Å². The average Bonchev–Trinajstić information content (AvgIpc) is 2.07. The van der Waals surface area contributed by atoms with E-state index in [-0.39, 0.29) is 11.8 Å². The predicted octanol–water partition coefficient (Wildman–Crippen LogP) is 0.823. The maximum Gasteiger partial charge on any atom is 0.223 e. The van der Waals surface area contributed by atoms with Gasteiger partial charge in [0, 0.05) is 17.4 Å². The third-order valence-corrected chi connectivity index (χ3v) is 1.79. The molecule has 1 fully saturated rings. The molecule has 5 nitrogen and oxygen atoms in total. The molecule has 1 amide bonds. The van der Waals surface area contributed by atoms with Crippen molar-refractivity contribution in [2.24, 2.45) is 11.0 Å². The molecule has 0 aromatic carbocycles. The largest absolute Gasteiger partial charge is 0.316 e. The van der Waals surface area contributed by atoms with Gasteiger partial charge in [0.15, 0.2) is 0 Å². The van der Waals surface area contributed by atoms with Crippen LogP contribution in [0.5, 0.6) is 0 Å². The van der Waals surface area contributed by atoms with Gasteiger partial charge in [-0.15, -0.1) is 0 Å². The highest BCUT2D eigenvalue weighted by molar-refractivity contribution is 5.79. The molecule has 60 valence electrons. The summed E-state index contributed by atoms with van der Waals surface area (Å²) in [4.78, 5) is 13.4. The number of nitrogens with zero attached hydrogens (tertiary/aromatic N) is 3. The molecule has 1 N–H and O–H groups in total. The molecule has 1 rings (SSSR count). The number of piperidine rings is 1. The molecule has 0 saturated carbocycles. The maximum absolute atomic E-state index is 10.9. The first-order chi connectivity index (χ1) is 5.34. The molecule has 5 heteroatoms. The smallest absolute Gasteiger partial charge is 0.223 e. The van der Waals surface area contributed by atoms with E-state index in [0.717, 1.165) is 19.4 Å². The van der Waals surface area contributed by atoms with Crippen LogP contribution in [0.25, 0.3) is 10.4 Å². The molecule has 0 bridgehead atoms. The Morgan fingerprint density at radius 1 is 1.73 bits per heavy atom. The number of azide groups is 1. The van der Waals surface area contributed by atoms with Crippen LogP contribution in [0.3, 0.4) is 0 Å². The van der Waals surface area contributed by atoms with Crippen molar-refractivity contribution in [1.82, 2.24) is 5.32 Å². The van der Waals surface area contributed by atoms with Gasteiger partial charge in [-0.2, -0.15) is 0 Å². The van der Waals surface area contributed by atoms with Crippen LogP contribution in [0.1, 0.15) is 12.8 Å². The van der Waals surface area contributed by atoms with Crippen molar-refractivity contribution in [2.45, 2.75) is 12.8 Å². The van der Waals surface area contributed by atoms with E-state index < -0.39 is 0 Å².